The summed E-state index contributed by atoms with van der Waals surface area (Å²) in [5, 5.41) is 0.582. The van der Waals surface area contributed by atoms with Crippen LogP contribution in [-0.2, 0) is 18.8 Å². The normalized spacial score (nSPS) is 19.4. The molecule has 0 N–H and O–H groups in total. The summed E-state index contributed by atoms with van der Waals surface area (Å²) in [6.07, 6.45) is 0.310. The van der Waals surface area contributed by atoms with Gasteiger partial charge in [0.2, 0.25) is 0 Å². The minimum Gasteiger partial charge on any atom is -0.272 e. The quantitative estimate of drug-likeness (QED) is 0.452. The van der Waals surface area contributed by atoms with Crippen molar-refractivity contribution in [3.8, 4) is 0 Å². The molecule has 1 rings (SSSR count). The van der Waals surface area contributed by atoms with Gasteiger partial charge in [0, 0.05) is 12.8 Å². The molecule has 0 aromatic carbocycles. The third-order valence-corrected chi connectivity index (χ3v) is 1.60. The minimum absolute atomic E-state index is 0.155. The lowest BCUT2D eigenvalue weighted by Gasteiger charge is -2.01. The van der Waals surface area contributed by atoms with Crippen LogP contribution in [0.15, 0.2) is 0 Å². The molecule has 0 spiro atoms. The highest BCUT2D eigenvalue weighted by molar-refractivity contribution is 7.38. The second kappa shape index (κ2) is 3.07. The van der Waals surface area contributed by atoms with Crippen LogP contribution in [0.25, 0.3) is 0 Å². The van der Waals surface area contributed by atoms with Crippen LogP contribution in [0.2, 0.25) is 0 Å². The second-order valence-corrected chi connectivity index (χ2v) is 3.15. The van der Waals surface area contributed by atoms with Crippen molar-refractivity contribution in [2.75, 3.05) is 6.66 Å². The average molecular weight is 176 g/mol. The summed E-state index contributed by atoms with van der Waals surface area (Å²) in [4.78, 5) is 21.5. The third kappa shape index (κ3) is 1.82. The monoisotopic (exact) mass is 176 g/mol. The summed E-state index contributed by atoms with van der Waals surface area (Å²) in [6, 6.07) is 0. The van der Waals surface area contributed by atoms with Crippen molar-refractivity contribution in [1.82, 2.24) is 5.06 Å². The number of amides is 2. The molecule has 1 aliphatic heterocycles. The highest BCUT2D eigenvalue weighted by Crippen LogP contribution is 2.23. The lowest BCUT2D eigenvalue weighted by Crippen LogP contribution is -2.26. The van der Waals surface area contributed by atoms with Crippen LogP contribution in [0, 0.1) is 0 Å². The number of rotatable bonds is 2. The Labute approximate surface area is 64.1 Å². The predicted molar refractivity (Wildman–Crippen MR) is 35.7 cm³/mol. The van der Waals surface area contributed by atoms with E-state index in [1.54, 1.807) is 0 Å². The largest absolute Gasteiger partial charge is 0.529 e. The van der Waals surface area contributed by atoms with E-state index >= 15 is 0 Å². The van der Waals surface area contributed by atoms with E-state index in [-0.39, 0.29) is 12.8 Å². The molecule has 1 fully saturated rings. The molecule has 1 saturated heterocycles. The van der Waals surface area contributed by atoms with Gasteiger partial charge in [-0.25, -0.2) is 0 Å². The molecule has 0 aromatic heterocycles. The van der Waals surface area contributed by atoms with Gasteiger partial charge in [-0.2, -0.15) is 0 Å². The molecule has 11 heavy (non-hydrogen) atoms. The van der Waals surface area contributed by atoms with Crippen LogP contribution in [0.4, 0.5) is 0 Å². The summed E-state index contributed by atoms with van der Waals surface area (Å²) in [7, 11) is -1.93. The Bertz CT molecular complexity index is 211. The van der Waals surface area contributed by atoms with Gasteiger partial charge in [-0.1, -0.05) is 0 Å². The van der Waals surface area contributed by atoms with Gasteiger partial charge in [-0.3, -0.25) is 9.59 Å². The molecule has 0 bridgehead atoms. The van der Waals surface area contributed by atoms with Crippen LogP contribution >= 0.6 is 8.03 Å². The number of nitrogens with zero attached hydrogens (tertiary/aromatic N) is 1. The van der Waals surface area contributed by atoms with E-state index in [1.807, 2.05) is 0 Å². The SMILES string of the molecule is C[P+](=O)ON1C(=O)CCC1=O. The van der Waals surface area contributed by atoms with Crippen LogP contribution in [-0.4, -0.2) is 23.5 Å². The fraction of sp³-hybridized carbons (Fsp3) is 0.600. The summed E-state index contributed by atoms with van der Waals surface area (Å²) in [5.74, 6) is -0.833. The first-order chi connectivity index (χ1) is 5.11. The van der Waals surface area contributed by atoms with Crippen molar-refractivity contribution in [2.24, 2.45) is 0 Å². The zero-order chi connectivity index (χ0) is 8.43. The van der Waals surface area contributed by atoms with Crippen molar-refractivity contribution in [1.29, 1.82) is 0 Å². The molecular formula is C5H7NO4P+. The minimum atomic E-state index is -1.93. The number of hydrogen-bond acceptors (Lipinski definition) is 4. The number of hydroxylamine groups is 2. The van der Waals surface area contributed by atoms with E-state index in [4.69, 9.17) is 0 Å². The summed E-state index contributed by atoms with van der Waals surface area (Å²) < 4.78 is 14.9. The summed E-state index contributed by atoms with van der Waals surface area (Å²) >= 11 is 0. The zero-order valence-electron chi connectivity index (χ0n) is 5.94. The molecule has 1 unspecified atom stereocenters. The maximum atomic E-state index is 10.8. The first-order valence-electron chi connectivity index (χ1n) is 3.06. The van der Waals surface area contributed by atoms with Crippen LogP contribution < -0.4 is 0 Å². The van der Waals surface area contributed by atoms with Crippen molar-refractivity contribution in [2.45, 2.75) is 12.8 Å². The standard InChI is InChI=1S/C5H7NO4P/c1-11(9)10-6-4(7)2-3-5(6)8/h2-3H2,1H3/q+1. The molecule has 5 nitrogen and oxygen atoms in total. The molecule has 0 saturated carbocycles. The first-order valence-corrected chi connectivity index (χ1v) is 4.68. The topological polar surface area (TPSA) is 63.7 Å². The van der Waals surface area contributed by atoms with Gasteiger partial charge in [0.25, 0.3) is 11.8 Å². The van der Waals surface area contributed by atoms with Gasteiger partial charge < -0.3 is 0 Å². The maximum Gasteiger partial charge on any atom is 0.529 e. The van der Waals surface area contributed by atoms with Crippen LogP contribution in [0.1, 0.15) is 12.8 Å². The lowest BCUT2D eigenvalue weighted by molar-refractivity contribution is -0.163. The number of hydrogen-bond donors (Lipinski definition) is 0. The van der Waals surface area contributed by atoms with Crippen LogP contribution in [0.3, 0.4) is 0 Å². The summed E-state index contributed by atoms with van der Waals surface area (Å²) in [5.41, 5.74) is 0. The Morgan fingerprint density at radius 1 is 1.36 bits per heavy atom. The Morgan fingerprint density at radius 2 is 1.82 bits per heavy atom. The van der Waals surface area contributed by atoms with E-state index in [9.17, 15) is 14.2 Å². The Balaban J connectivity index is 2.62. The van der Waals surface area contributed by atoms with Gasteiger partial charge >= 0.3 is 8.03 Å². The molecule has 0 aromatic rings. The molecule has 1 aliphatic rings. The second-order valence-electron chi connectivity index (χ2n) is 2.10. The van der Waals surface area contributed by atoms with Gasteiger partial charge in [0.1, 0.15) is 0 Å². The van der Waals surface area contributed by atoms with Crippen LogP contribution in [0.5, 0.6) is 0 Å². The number of carbonyl (C=O) groups excluding carboxylic acids is 2. The molecular weight excluding hydrogens is 169 g/mol. The Kier molecular flexibility index (Phi) is 2.31. The average Bonchev–Trinajstić information content (AvgIpc) is 2.18. The predicted octanol–water partition coefficient (Wildman–Crippen LogP) is 0.439. The van der Waals surface area contributed by atoms with E-state index < -0.39 is 19.8 Å². The fourth-order valence-electron chi connectivity index (χ4n) is 0.762. The van der Waals surface area contributed by atoms with Crippen molar-refractivity contribution in [3.63, 3.8) is 0 Å². The number of imide groups is 1. The highest BCUT2D eigenvalue weighted by Gasteiger charge is 2.35. The van der Waals surface area contributed by atoms with Gasteiger partial charge in [0.05, 0.1) is 0 Å². The highest BCUT2D eigenvalue weighted by atomic mass is 31.1. The van der Waals surface area contributed by atoms with Gasteiger partial charge in [-0.15, -0.1) is 5.06 Å². The van der Waals surface area contributed by atoms with Gasteiger partial charge in [-0.05, 0) is 9.19 Å². The Morgan fingerprint density at radius 3 is 2.18 bits per heavy atom. The van der Waals surface area contributed by atoms with E-state index in [0.717, 1.165) is 0 Å². The zero-order valence-corrected chi connectivity index (χ0v) is 6.84. The molecule has 1 heterocycles. The third-order valence-electron chi connectivity index (χ3n) is 1.20. The van der Waals surface area contributed by atoms with Gasteiger partial charge in [0.15, 0.2) is 6.66 Å². The van der Waals surface area contributed by atoms with E-state index in [1.165, 1.54) is 6.66 Å². The molecule has 0 aliphatic carbocycles. The van der Waals surface area contributed by atoms with E-state index in [0.29, 0.717) is 5.06 Å². The van der Waals surface area contributed by atoms with Crippen molar-refractivity contribution >= 4 is 19.8 Å². The van der Waals surface area contributed by atoms with Crippen molar-refractivity contribution < 1.29 is 18.8 Å². The number of carbonyl (C=O) groups is 2. The lowest BCUT2D eigenvalue weighted by atomic mass is 10.4. The maximum absolute atomic E-state index is 10.8. The molecule has 1 atom stereocenters. The molecule has 60 valence electrons. The summed E-state index contributed by atoms with van der Waals surface area (Å²) in [6.45, 7) is 1.29. The first kappa shape index (κ1) is 8.30. The Hall–Kier alpha value is -0.800. The fourth-order valence-corrected chi connectivity index (χ4v) is 1.17. The molecule has 0 radical (unpaired) electrons. The molecule has 2 amide bonds. The van der Waals surface area contributed by atoms with Crippen molar-refractivity contribution in [3.05, 3.63) is 0 Å². The smallest absolute Gasteiger partial charge is 0.272 e. The molecule has 6 heteroatoms. The van der Waals surface area contributed by atoms with E-state index in [2.05, 4.69) is 4.62 Å².